The molecule has 3 aromatic rings. The Morgan fingerprint density at radius 2 is 1.23 bits per heavy atom. The summed E-state index contributed by atoms with van der Waals surface area (Å²) in [5, 5.41) is 24.8. The lowest BCUT2D eigenvalue weighted by molar-refractivity contribution is -0.208. The van der Waals surface area contributed by atoms with Crippen LogP contribution in [0.3, 0.4) is 0 Å². The fourth-order valence-corrected chi connectivity index (χ4v) is 7.48. The van der Waals surface area contributed by atoms with E-state index in [-0.39, 0.29) is 17.7 Å². The minimum atomic E-state index is -2.70. The van der Waals surface area contributed by atoms with Gasteiger partial charge in [0.2, 0.25) is 0 Å². The highest BCUT2D eigenvalue weighted by Gasteiger charge is 2.71. The van der Waals surface area contributed by atoms with E-state index >= 15 is 0 Å². The quantitative estimate of drug-likeness (QED) is 0.0947. The summed E-state index contributed by atoms with van der Waals surface area (Å²) < 4.78 is 25.6. The van der Waals surface area contributed by atoms with E-state index in [4.69, 9.17) is 46.9 Å². The van der Waals surface area contributed by atoms with Gasteiger partial charge in [-0.2, -0.15) is 0 Å². The number of esters is 5. The zero-order valence-corrected chi connectivity index (χ0v) is 29.8. The predicted molar refractivity (Wildman–Crippen MR) is 187 cm³/mol. The molecule has 2 aliphatic rings. The van der Waals surface area contributed by atoms with E-state index in [1.807, 2.05) is 0 Å². The number of carbonyl (C=O) groups excluding carboxylic acids is 5. The van der Waals surface area contributed by atoms with Crippen LogP contribution in [0.2, 0.25) is 10.0 Å². The Kier molecular flexibility index (Phi) is 11.4. The molecule has 2 bridgehead atoms. The van der Waals surface area contributed by atoms with Gasteiger partial charge in [-0.1, -0.05) is 59.6 Å². The summed E-state index contributed by atoms with van der Waals surface area (Å²) in [6, 6.07) is 19.4. The van der Waals surface area contributed by atoms with Gasteiger partial charge in [-0.05, 0) is 65.6 Å². The standard InChI is InChI=1S/C38H34Cl2O12/c1-48-34(43)28-27-18-25(29(35(44)49-2)38(47,30(27)36(45)50-3)31(32(28)41)37(46)51-4)20-9-15-24(16-10-20)52-33(42)26(21-7-13-23(40)14-8-21)17-19-5-11-22(39)12-6-19/h5-17,25,27,29-31,41,47H,18H2,1-4H3/t25?,27-,29+,30+,31?,38+/m0/s1. The molecule has 2 aliphatic carbocycles. The number of aliphatic hydroxyl groups is 2. The summed E-state index contributed by atoms with van der Waals surface area (Å²) in [4.78, 5) is 66.9. The van der Waals surface area contributed by atoms with Crippen molar-refractivity contribution in [1.29, 1.82) is 0 Å². The summed E-state index contributed by atoms with van der Waals surface area (Å²) in [6.45, 7) is 0. The molecule has 0 radical (unpaired) electrons. The molecular formula is C38H34Cl2O12. The maximum Gasteiger partial charge on any atom is 0.344 e. The lowest BCUT2D eigenvalue weighted by Crippen LogP contribution is -2.68. The lowest BCUT2D eigenvalue weighted by atomic mass is 9.49. The number of ether oxygens (including phenoxy) is 5. The normalized spacial score (nSPS) is 24.0. The van der Waals surface area contributed by atoms with E-state index < -0.39 is 76.4 Å². The fraction of sp³-hybridized carbons (Fsp3) is 0.289. The van der Waals surface area contributed by atoms with Gasteiger partial charge >= 0.3 is 29.8 Å². The summed E-state index contributed by atoms with van der Waals surface area (Å²) in [5.74, 6) is -13.6. The predicted octanol–water partition coefficient (Wildman–Crippen LogP) is 5.34. The van der Waals surface area contributed by atoms with Crippen LogP contribution in [-0.4, -0.2) is 74.1 Å². The Labute approximate surface area is 308 Å². The van der Waals surface area contributed by atoms with Gasteiger partial charge in [0.05, 0.1) is 51.4 Å². The second kappa shape index (κ2) is 15.6. The summed E-state index contributed by atoms with van der Waals surface area (Å²) in [6.07, 6.45) is 1.45. The molecule has 2 N–H and O–H groups in total. The van der Waals surface area contributed by atoms with Crippen LogP contribution in [0, 0.1) is 23.7 Å². The SMILES string of the molecule is COC(=O)C1=C(O)C(C(=O)OC)[C@@]2(O)[C@@H](C(=O)OC)C(c3ccc(OC(=O)C(=Cc4ccc(Cl)cc4)c4ccc(Cl)cc4)cc3)C[C@@H]1[C@@H]2C(=O)OC. The maximum absolute atomic E-state index is 13.6. The molecule has 0 aromatic heterocycles. The molecular weight excluding hydrogens is 719 g/mol. The average Bonchev–Trinajstić information content (AvgIpc) is 3.14. The number of hydrogen-bond acceptors (Lipinski definition) is 12. The van der Waals surface area contributed by atoms with Crippen molar-refractivity contribution in [2.24, 2.45) is 23.7 Å². The van der Waals surface area contributed by atoms with Crippen LogP contribution in [0.25, 0.3) is 11.6 Å². The van der Waals surface area contributed by atoms with Crippen molar-refractivity contribution >= 4 is 64.7 Å². The minimum absolute atomic E-state index is 0.113. The van der Waals surface area contributed by atoms with E-state index in [9.17, 15) is 34.2 Å². The molecule has 2 unspecified atom stereocenters. The van der Waals surface area contributed by atoms with Crippen molar-refractivity contribution in [2.45, 2.75) is 17.9 Å². The second-order valence-corrected chi connectivity index (χ2v) is 13.0. The number of methoxy groups -OCH3 is 4. The van der Waals surface area contributed by atoms with Crippen LogP contribution < -0.4 is 4.74 Å². The monoisotopic (exact) mass is 752 g/mol. The highest BCUT2D eigenvalue weighted by molar-refractivity contribution is 6.31. The number of rotatable bonds is 9. The molecule has 0 aliphatic heterocycles. The van der Waals surface area contributed by atoms with E-state index in [0.717, 1.165) is 28.4 Å². The van der Waals surface area contributed by atoms with Gasteiger partial charge in [0.25, 0.3) is 0 Å². The van der Waals surface area contributed by atoms with Crippen LogP contribution in [0.1, 0.15) is 29.0 Å². The number of aliphatic hydroxyl groups excluding tert-OH is 1. The van der Waals surface area contributed by atoms with Crippen LogP contribution >= 0.6 is 23.2 Å². The average molecular weight is 754 g/mol. The molecule has 52 heavy (non-hydrogen) atoms. The number of benzene rings is 3. The molecule has 5 rings (SSSR count). The number of fused-ring (bicyclic) bond motifs is 2. The van der Waals surface area contributed by atoms with Crippen molar-refractivity contribution < 1.29 is 57.9 Å². The third kappa shape index (κ3) is 7.01. The molecule has 12 nitrogen and oxygen atoms in total. The maximum atomic E-state index is 13.6. The van der Waals surface area contributed by atoms with Crippen molar-refractivity contribution in [3.63, 3.8) is 0 Å². The smallest absolute Gasteiger partial charge is 0.344 e. The van der Waals surface area contributed by atoms with E-state index in [0.29, 0.717) is 26.7 Å². The largest absolute Gasteiger partial charge is 0.511 e. The third-order valence-corrected chi connectivity index (χ3v) is 10.0. The number of halogens is 2. The first-order chi connectivity index (χ1) is 24.8. The van der Waals surface area contributed by atoms with Gasteiger partial charge in [-0.15, -0.1) is 0 Å². The van der Waals surface area contributed by atoms with Crippen molar-refractivity contribution in [2.75, 3.05) is 28.4 Å². The number of carbonyl (C=O) groups is 5. The van der Waals surface area contributed by atoms with Gasteiger partial charge in [0, 0.05) is 21.9 Å². The molecule has 0 spiro atoms. The van der Waals surface area contributed by atoms with E-state index in [1.165, 1.54) is 24.3 Å². The first kappa shape index (κ1) is 38.1. The Balaban J connectivity index is 1.56. The van der Waals surface area contributed by atoms with Crippen LogP contribution in [0.4, 0.5) is 0 Å². The zero-order valence-electron chi connectivity index (χ0n) is 28.3. The van der Waals surface area contributed by atoms with Gasteiger partial charge < -0.3 is 33.9 Å². The first-order valence-corrected chi connectivity index (χ1v) is 16.6. The molecule has 14 heteroatoms. The molecule has 0 saturated heterocycles. The van der Waals surface area contributed by atoms with Crippen molar-refractivity contribution in [3.8, 4) is 5.75 Å². The molecule has 0 amide bonds. The van der Waals surface area contributed by atoms with Gasteiger partial charge in [-0.3, -0.25) is 14.4 Å². The van der Waals surface area contributed by atoms with Crippen LogP contribution in [0.15, 0.2) is 84.1 Å². The van der Waals surface area contributed by atoms with Gasteiger partial charge in [0.15, 0.2) is 0 Å². The lowest BCUT2D eigenvalue weighted by Gasteiger charge is -2.55. The van der Waals surface area contributed by atoms with E-state index in [1.54, 1.807) is 54.6 Å². The van der Waals surface area contributed by atoms with Crippen molar-refractivity contribution in [3.05, 3.63) is 111 Å². The molecule has 0 heterocycles. The van der Waals surface area contributed by atoms with Gasteiger partial charge in [-0.25, -0.2) is 9.59 Å². The fourth-order valence-electron chi connectivity index (χ4n) is 7.22. The molecule has 6 atom stereocenters. The Morgan fingerprint density at radius 1 is 0.712 bits per heavy atom. The topological polar surface area (TPSA) is 172 Å². The van der Waals surface area contributed by atoms with Crippen LogP contribution in [-0.2, 0) is 42.9 Å². The third-order valence-electron chi connectivity index (χ3n) is 9.52. The summed E-state index contributed by atoms with van der Waals surface area (Å²) in [5.41, 5.74) is -1.35. The number of hydrogen-bond donors (Lipinski definition) is 2. The summed E-state index contributed by atoms with van der Waals surface area (Å²) >= 11 is 12.1. The molecule has 3 aromatic carbocycles. The van der Waals surface area contributed by atoms with Crippen molar-refractivity contribution in [1.82, 2.24) is 0 Å². The van der Waals surface area contributed by atoms with Crippen LogP contribution in [0.5, 0.6) is 5.75 Å². The Hall–Kier alpha value is -5.17. The van der Waals surface area contributed by atoms with E-state index in [2.05, 4.69) is 0 Å². The summed E-state index contributed by atoms with van der Waals surface area (Å²) in [7, 11) is 4.13. The Morgan fingerprint density at radius 3 is 1.75 bits per heavy atom. The Bertz CT molecular complexity index is 1940. The first-order valence-electron chi connectivity index (χ1n) is 15.8. The highest BCUT2D eigenvalue weighted by atomic mass is 35.5. The zero-order chi connectivity index (χ0) is 37.9. The molecule has 272 valence electrons. The minimum Gasteiger partial charge on any atom is -0.511 e. The second-order valence-electron chi connectivity index (χ2n) is 12.2. The van der Waals surface area contributed by atoms with Gasteiger partial charge in [0.1, 0.15) is 23.0 Å². The molecule has 1 saturated carbocycles. The molecule has 1 fully saturated rings. The highest BCUT2D eigenvalue weighted by Crippen LogP contribution is 2.60.